The summed E-state index contributed by atoms with van der Waals surface area (Å²) in [7, 11) is 0. The molecular formula is C15H28N4O. The number of rotatable bonds is 7. The average molecular weight is 280 g/mol. The van der Waals surface area contributed by atoms with Crippen LogP contribution in [0, 0.1) is 5.41 Å². The minimum absolute atomic E-state index is 0.0243. The predicted octanol–water partition coefficient (Wildman–Crippen LogP) is 2.03. The Morgan fingerprint density at radius 1 is 1.45 bits per heavy atom. The van der Waals surface area contributed by atoms with Crippen LogP contribution in [0.15, 0.2) is 17.2 Å². The molecule has 0 aliphatic rings. The number of hydrogen-bond donors (Lipinski definition) is 1. The highest BCUT2D eigenvalue weighted by Crippen LogP contribution is 2.18. The van der Waals surface area contributed by atoms with E-state index in [-0.39, 0.29) is 17.0 Å². The largest absolute Gasteiger partial charge is 0.351 e. The molecule has 1 aromatic rings. The molecule has 0 atom stereocenters. The van der Waals surface area contributed by atoms with Crippen LogP contribution in [-0.4, -0.2) is 29.2 Å². The summed E-state index contributed by atoms with van der Waals surface area (Å²) in [6, 6.07) is 0.134. The molecule has 0 amide bonds. The molecule has 0 fully saturated rings. The first-order valence-electron chi connectivity index (χ1n) is 7.34. The van der Waals surface area contributed by atoms with Gasteiger partial charge in [0.2, 0.25) is 0 Å². The molecule has 0 saturated heterocycles. The zero-order valence-electron chi connectivity index (χ0n) is 13.4. The highest BCUT2D eigenvalue weighted by atomic mass is 16.1. The standard InChI is InChI=1S/C15H28N4O/c1-6-8-18(11-15(4,5)10-16)13-14(20)19(12(2)3)9-7-17-13/h7,9,12H,6,8,10-11,16H2,1-5H3. The molecule has 5 nitrogen and oxygen atoms in total. The summed E-state index contributed by atoms with van der Waals surface area (Å²) in [5.41, 5.74) is 5.75. The van der Waals surface area contributed by atoms with Gasteiger partial charge in [0.15, 0.2) is 5.82 Å². The van der Waals surface area contributed by atoms with Gasteiger partial charge in [0, 0.05) is 31.5 Å². The summed E-state index contributed by atoms with van der Waals surface area (Å²) in [5, 5.41) is 0. The van der Waals surface area contributed by atoms with Crippen LogP contribution < -0.4 is 16.2 Å². The smallest absolute Gasteiger partial charge is 0.293 e. The Balaban J connectivity index is 3.16. The molecule has 0 unspecified atom stereocenters. The Labute approximate surface area is 121 Å². The van der Waals surface area contributed by atoms with Gasteiger partial charge in [0.05, 0.1) is 0 Å². The first-order valence-corrected chi connectivity index (χ1v) is 7.34. The van der Waals surface area contributed by atoms with Gasteiger partial charge in [-0.1, -0.05) is 20.8 Å². The third kappa shape index (κ3) is 4.07. The zero-order valence-corrected chi connectivity index (χ0v) is 13.4. The molecule has 0 spiro atoms. The van der Waals surface area contributed by atoms with E-state index in [9.17, 15) is 4.79 Å². The van der Waals surface area contributed by atoms with E-state index in [1.165, 1.54) is 0 Å². The summed E-state index contributed by atoms with van der Waals surface area (Å²) < 4.78 is 1.72. The van der Waals surface area contributed by atoms with Gasteiger partial charge >= 0.3 is 0 Å². The number of aromatic nitrogens is 2. The fraction of sp³-hybridized carbons (Fsp3) is 0.733. The Morgan fingerprint density at radius 2 is 2.10 bits per heavy atom. The van der Waals surface area contributed by atoms with Crippen molar-refractivity contribution < 1.29 is 0 Å². The minimum Gasteiger partial charge on any atom is -0.351 e. The lowest BCUT2D eigenvalue weighted by Crippen LogP contribution is -2.42. The van der Waals surface area contributed by atoms with E-state index in [0.29, 0.717) is 12.4 Å². The van der Waals surface area contributed by atoms with Crippen LogP contribution in [0.25, 0.3) is 0 Å². The molecule has 1 rings (SSSR count). The number of anilines is 1. The molecule has 2 N–H and O–H groups in total. The van der Waals surface area contributed by atoms with Crippen LogP contribution >= 0.6 is 0 Å². The Bertz CT molecular complexity index is 479. The Morgan fingerprint density at radius 3 is 2.60 bits per heavy atom. The van der Waals surface area contributed by atoms with Gasteiger partial charge in [-0.05, 0) is 32.2 Å². The summed E-state index contributed by atoms with van der Waals surface area (Å²) in [5.74, 6) is 0.532. The Hall–Kier alpha value is -1.36. The summed E-state index contributed by atoms with van der Waals surface area (Å²) in [4.78, 5) is 18.9. The summed E-state index contributed by atoms with van der Waals surface area (Å²) in [6.45, 7) is 12.5. The molecule has 0 aromatic carbocycles. The SMILES string of the molecule is CCCN(CC(C)(C)CN)c1nccn(C(C)C)c1=O. The van der Waals surface area contributed by atoms with Crippen molar-refractivity contribution >= 4 is 5.82 Å². The zero-order chi connectivity index (χ0) is 15.3. The van der Waals surface area contributed by atoms with Crippen molar-refractivity contribution in [3.63, 3.8) is 0 Å². The summed E-state index contributed by atoms with van der Waals surface area (Å²) in [6.07, 6.45) is 4.42. The molecule has 0 bridgehead atoms. The fourth-order valence-corrected chi connectivity index (χ4v) is 2.15. The quantitative estimate of drug-likeness (QED) is 0.830. The van der Waals surface area contributed by atoms with Gasteiger partial charge in [0.25, 0.3) is 5.56 Å². The van der Waals surface area contributed by atoms with E-state index in [1.807, 2.05) is 13.8 Å². The highest BCUT2D eigenvalue weighted by molar-refractivity contribution is 5.36. The van der Waals surface area contributed by atoms with E-state index < -0.39 is 0 Å². The van der Waals surface area contributed by atoms with Gasteiger partial charge < -0.3 is 15.2 Å². The highest BCUT2D eigenvalue weighted by Gasteiger charge is 2.23. The second-order valence-corrected chi connectivity index (χ2v) is 6.35. The van der Waals surface area contributed by atoms with Gasteiger partial charge in [-0.15, -0.1) is 0 Å². The lowest BCUT2D eigenvalue weighted by molar-refractivity contribution is 0.375. The van der Waals surface area contributed by atoms with E-state index >= 15 is 0 Å². The topological polar surface area (TPSA) is 64.2 Å². The molecule has 0 aliphatic carbocycles. The van der Waals surface area contributed by atoms with Gasteiger partial charge in [-0.3, -0.25) is 4.79 Å². The number of nitrogens with zero attached hydrogens (tertiary/aromatic N) is 3. The van der Waals surface area contributed by atoms with Gasteiger partial charge in [-0.25, -0.2) is 4.98 Å². The molecule has 0 saturated carbocycles. The van der Waals surface area contributed by atoms with Crippen molar-refractivity contribution in [1.82, 2.24) is 9.55 Å². The van der Waals surface area contributed by atoms with E-state index in [4.69, 9.17) is 5.73 Å². The van der Waals surface area contributed by atoms with Crippen molar-refractivity contribution in [3.8, 4) is 0 Å². The number of hydrogen-bond acceptors (Lipinski definition) is 4. The van der Waals surface area contributed by atoms with E-state index in [0.717, 1.165) is 19.5 Å². The molecule has 0 radical (unpaired) electrons. The molecule has 1 aromatic heterocycles. The lowest BCUT2D eigenvalue weighted by Gasteiger charge is -2.32. The van der Waals surface area contributed by atoms with Crippen molar-refractivity contribution in [2.45, 2.75) is 47.1 Å². The van der Waals surface area contributed by atoms with Crippen molar-refractivity contribution in [2.75, 3.05) is 24.5 Å². The van der Waals surface area contributed by atoms with Crippen LogP contribution in [0.5, 0.6) is 0 Å². The van der Waals surface area contributed by atoms with Crippen molar-refractivity contribution in [3.05, 3.63) is 22.7 Å². The fourth-order valence-electron chi connectivity index (χ4n) is 2.15. The predicted molar refractivity (Wildman–Crippen MR) is 84.2 cm³/mol. The van der Waals surface area contributed by atoms with Crippen LogP contribution in [0.1, 0.15) is 47.1 Å². The second-order valence-electron chi connectivity index (χ2n) is 6.35. The molecule has 114 valence electrons. The maximum atomic E-state index is 12.5. The van der Waals surface area contributed by atoms with E-state index in [2.05, 4.69) is 30.7 Å². The maximum absolute atomic E-state index is 12.5. The first-order chi connectivity index (χ1) is 9.32. The van der Waals surface area contributed by atoms with Crippen LogP contribution in [0.2, 0.25) is 0 Å². The van der Waals surface area contributed by atoms with Gasteiger partial charge in [0.1, 0.15) is 0 Å². The van der Waals surface area contributed by atoms with Crippen molar-refractivity contribution in [1.29, 1.82) is 0 Å². The average Bonchev–Trinajstić information content (AvgIpc) is 2.38. The molecule has 1 heterocycles. The van der Waals surface area contributed by atoms with Crippen LogP contribution in [-0.2, 0) is 0 Å². The molecular weight excluding hydrogens is 252 g/mol. The lowest BCUT2D eigenvalue weighted by atomic mass is 9.93. The van der Waals surface area contributed by atoms with Crippen LogP contribution in [0.3, 0.4) is 0 Å². The van der Waals surface area contributed by atoms with Crippen LogP contribution in [0.4, 0.5) is 5.82 Å². The maximum Gasteiger partial charge on any atom is 0.293 e. The number of nitrogens with two attached hydrogens (primary N) is 1. The minimum atomic E-state index is -0.0399. The molecule has 0 aliphatic heterocycles. The molecule has 20 heavy (non-hydrogen) atoms. The monoisotopic (exact) mass is 280 g/mol. The third-order valence-electron chi connectivity index (χ3n) is 3.37. The Kier molecular flexibility index (Phi) is 5.74. The molecule has 5 heteroatoms. The van der Waals surface area contributed by atoms with Gasteiger partial charge in [-0.2, -0.15) is 0 Å². The summed E-state index contributed by atoms with van der Waals surface area (Å²) >= 11 is 0. The second kappa shape index (κ2) is 6.88. The van der Waals surface area contributed by atoms with E-state index in [1.54, 1.807) is 17.0 Å². The van der Waals surface area contributed by atoms with Crippen molar-refractivity contribution in [2.24, 2.45) is 11.1 Å². The first kappa shape index (κ1) is 16.7. The third-order valence-corrected chi connectivity index (χ3v) is 3.37. The normalized spacial score (nSPS) is 11.9.